The van der Waals surface area contributed by atoms with Crippen LogP contribution in [0.4, 0.5) is 10.1 Å². The van der Waals surface area contributed by atoms with Crippen LogP contribution in [0.3, 0.4) is 0 Å². The summed E-state index contributed by atoms with van der Waals surface area (Å²) in [7, 11) is -2.51. The zero-order chi connectivity index (χ0) is 14.9. The fraction of sp³-hybridized carbons (Fsp3) is 0.143. The van der Waals surface area contributed by atoms with Crippen LogP contribution in [-0.4, -0.2) is 15.5 Å². The zero-order valence-electron chi connectivity index (χ0n) is 11.0. The van der Waals surface area contributed by atoms with Gasteiger partial charge in [0.15, 0.2) is 0 Å². The summed E-state index contributed by atoms with van der Waals surface area (Å²) in [6.45, 7) is 1.80. The highest BCUT2D eigenvalue weighted by atomic mass is 79.9. The number of halogens is 2. The first-order valence-corrected chi connectivity index (χ1v) is 8.07. The van der Waals surface area contributed by atoms with Gasteiger partial charge < -0.3 is 0 Å². The summed E-state index contributed by atoms with van der Waals surface area (Å²) in [4.78, 5) is -0.341. The van der Waals surface area contributed by atoms with Gasteiger partial charge in [-0.15, -0.1) is 0 Å². The maximum atomic E-state index is 13.9. The number of para-hydroxylation sites is 1. The zero-order valence-corrected chi connectivity index (χ0v) is 13.4. The number of benzene rings is 2. The van der Waals surface area contributed by atoms with Gasteiger partial charge in [-0.1, -0.05) is 34.1 Å². The molecule has 0 atom stereocenters. The second-order valence-corrected chi connectivity index (χ2v) is 7.19. The molecule has 0 heterocycles. The van der Waals surface area contributed by atoms with E-state index < -0.39 is 15.8 Å². The fourth-order valence-corrected chi connectivity index (χ4v) is 3.52. The Balaban J connectivity index is 2.53. The predicted molar refractivity (Wildman–Crippen MR) is 80.9 cm³/mol. The smallest absolute Gasteiger partial charge is 0.266 e. The van der Waals surface area contributed by atoms with Gasteiger partial charge in [-0.3, -0.25) is 4.31 Å². The Morgan fingerprint density at radius 1 is 1.15 bits per heavy atom. The van der Waals surface area contributed by atoms with Crippen LogP contribution in [0.1, 0.15) is 5.56 Å². The highest BCUT2D eigenvalue weighted by molar-refractivity contribution is 9.10. The third kappa shape index (κ3) is 2.71. The maximum Gasteiger partial charge on any atom is 0.266 e. The molecule has 0 unspecified atom stereocenters. The summed E-state index contributed by atoms with van der Waals surface area (Å²) in [5.74, 6) is -0.778. The summed E-state index contributed by atoms with van der Waals surface area (Å²) >= 11 is 3.11. The lowest BCUT2D eigenvalue weighted by Gasteiger charge is -2.21. The molecule has 0 fully saturated rings. The molecule has 0 saturated heterocycles. The van der Waals surface area contributed by atoms with Crippen molar-refractivity contribution in [2.75, 3.05) is 11.4 Å². The van der Waals surface area contributed by atoms with Crippen LogP contribution in [-0.2, 0) is 10.0 Å². The van der Waals surface area contributed by atoms with E-state index in [1.54, 1.807) is 25.1 Å². The molecule has 0 radical (unpaired) electrons. The van der Waals surface area contributed by atoms with Crippen molar-refractivity contribution in [1.82, 2.24) is 0 Å². The molecule has 2 rings (SSSR count). The fourth-order valence-electron chi connectivity index (χ4n) is 1.88. The average Bonchev–Trinajstić information content (AvgIpc) is 2.38. The lowest BCUT2D eigenvalue weighted by molar-refractivity contribution is 0.565. The second-order valence-electron chi connectivity index (χ2n) is 4.33. The van der Waals surface area contributed by atoms with Crippen LogP contribution >= 0.6 is 15.9 Å². The van der Waals surface area contributed by atoms with E-state index in [4.69, 9.17) is 0 Å². The summed E-state index contributed by atoms with van der Waals surface area (Å²) in [6, 6.07) is 10.9. The van der Waals surface area contributed by atoms with Gasteiger partial charge in [0.25, 0.3) is 10.0 Å². The van der Waals surface area contributed by atoms with E-state index in [9.17, 15) is 12.8 Å². The van der Waals surface area contributed by atoms with Crippen molar-refractivity contribution in [3.05, 3.63) is 58.3 Å². The molecule has 2 aromatic carbocycles. The first kappa shape index (κ1) is 15.0. The summed E-state index contributed by atoms with van der Waals surface area (Å²) in [5.41, 5.74) is 1.32. The van der Waals surface area contributed by atoms with Crippen molar-refractivity contribution < 1.29 is 12.8 Å². The highest BCUT2D eigenvalue weighted by Crippen LogP contribution is 2.27. The van der Waals surface area contributed by atoms with Crippen molar-refractivity contribution in [1.29, 1.82) is 0 Å². The van der Waals surface area contributed by atoms with Gasteiger partial charge in [-0.05, 0) is 36.8 Å². The molecule has 6 heteroatoms. The quantitative estimate of drug-likeness (QED) is 0.839. The Labute approximate surface area is 126 Å². The first-order valence-electron chi connectivity index (χ1n) is 5.83. The standard InChI is InChI=1S/C14H13BrFNO2S/c1-10-5-3-4-6-13(10)17(2)20(18,19)14-8-7-11(15)9-12(14)16/h3-9H,1-2H3. The van der Waals surface area contributed by atoms with Gasteiger partial charge in [0, 0.05) is 11.5 Å². The van der Waals surface area contributed by atoms with Gasteiger partial charge in [-0.25, -0.2) is 12.8 Å². The Morgan fingerprint density at radius 2 is 1.80 bits per heavy atom. The van der Waals surface area contributed by atoms with E-state index in [0.29, 0.717) is 10.2 Å². The summed E-state index contributed by atoms with van der Waals surface area (Å²) in [5, 5.41) is 0. The van der Waals surface area contributed by atoms with Crippen LogP contribution in [0.5, 0.6) is 0 Å². The molecular weight excluding hydrogens is 345 g/mol. The Bertz CT molecular complexity index is 747. The van der Waals surface area contributed by atoms with E-state index in [-0.39, 0.29) is 4.90 Å². The number of hydrogen-bond acceptors (Lipinski definition) is 2. The maximum absolute atomic E-state index is 13.9. The van der Waals surface area contributed by atoms with E-state index in [1.807, 2.05) is 6.07 Å². The van der Waals surface area contributed by atoms with Gasteiger partial charge in [0.05, 0.1) is 5.69 Å². The average molecular weight is 358 g/mol. The minimum atomic E-state index is -3.92. The molecule has 0 saturated carbocycles. The third-order valence-electron chi connectivity index (χ3n) is 2.99. The molecule has 2 aromatic rings. The molecule has 20 heavy (non-hydrogen) atoms. The molecule has 106 valence electrons. The number of nitrogens with zero attached hydrogens (tertiary/aromatic N) is 1. The minimum absolute atomic E-state index is 0.341. The first-order chi connectivity index (χ1) is 9.34. The largest absolute Gasteiger partial charge is 0.269 e. The van der Waals surface area contributed by atoms with Gasteiger partial charge in [-0.2, -0.15) is 0 Å². The highest BCUT2D eigenvalue weighted by Gasteiger charge is 2.25. The van der Waals surface area contributed by atoms with E-state index in [0.717, 1.165) is 15.9 Å². The SMILES string of the molecule is Cc1ccccc1N(C)S(=O)(=O)c1ccc(Br)cc1F. The molecule has 0 amide bonds. The van der Waals surface area contributed by atoms with Crippen molar-refractivity contribution in [3.63, 3.8) is 0 Å². The Morgan fingerprint density at radius 3 is 2.40 bits per heavy atom. The molecule has 0 N–H and O–H groups in total. The van der Waals surface area contributed by atoms with Crippen LogP contribution in [0.15, 0.2) is 51.8 Å². The Kier molecular flexibility index (Phi) is 4.15. The monoisotopic (exact) mass is 357 g/mol. The number of sulfonamides is 1. The molecule has 0 aliphatic carbocycles. The third-order valence-corrected chi connectivity index (χ3v) is 5.28. The van der Waals surface area contributed by atoms with Gasteiger partial charge in [0.1, 0.15) is 10.7 Å². The van der Waals surface area contributed by atoms with Crippen LogP contribution < -0.4 is 4.31 Å². The van der Waals surface area contributed by atoms with E-state index >= 15 is 0 Å². The molecule has 0 bridgehead atoms. The number of aryl methyl sites for hydroxylation is 1. The molecule has 0 spiro atoms. The van der Waals surface area contributed by atoms with Crippen molar-refractivity contribution in [3.8, 4) is 0 Å². The van der Waals surface area contributed by atoms with Crippen molar-refractivity contribution in [2.24, 2.45) is 0 Å². The van der Waals surface area contributed by atoms with Crippen molar-refractivity contribution >= 4 is 31.6 Å². The Hall–Kier alpha value is -1.40. The van der Waals surface area contributed by atoms with Crippen LogP contribution in [0, 0.1) is 12.7 Å². The predicted octanol–water partition coefficient (Wildman–Crippen LogP) is 3.72. The molecule has 0 aliphatic heterocycles. The van der Waals surface area contributed by atoms with Crippen LogP contribution in [0.2, 0.25) is 0 Å². The topological polar surface area (TPSA) is 37.4 Å². The number of hydrogen-bond donors (Lipinski definition) is 0. The normalized spacial score (nSPS) is 11.4. The minimum Gasteiger partial charge on any atom is -0.269 e. The molecule has 0 aromatic heterocycles. The van der Waals surface area contributed by atoms with Gasteiger partial charge in [0.2, 0.25) is 0 Å². The van der Waals surface area contributed by atoms with E-state index in [2.05, 4.69) is 15.9 Å². The number of rotatable bonds is 3. The number of anilines is 1. The lowest BCUT2D eigenvalue weighted by Crippen LogP contribution is -2.28. The molecular formula is C14H13BrFNO2S. The summed E-state index contributed by atoms with van der Waals surface area (Å²) < 4.78 is 40.4. The van der Waals surface area contributed by atoms with Gasteiger partial charge >= 0.3 is 0 Å². The lowest BCUT2D eigenvalue weighted by atomic mass is 10.2. The molecule has 3 nitrogen and oxygen atoms in total. The second kappa shape index (κ2) is 5.54. The van der Waals surface area contributed by atoms with E-state index in [1.165, 1.54) is 19.2 Å². The molecule has 0 aliphatic rings. The summed E-state index contributed by atoms with van der Waals surface area (Å²) in [6.07, 6.45) is 0. The van der Waals surface area contributed by atoms with Crippen molar-refractivity contribution in [2.45, 2.75) is 11.8 Å². The van der Waals surface area contributed by atoms with Crippen LogP contribution in [0.25, 0.3) is 0 Å².